The molecular weight excluding hydrogens is 526 g/mol. The van der Waals surface area contributed by atoms with Gasteiger partial charge in [0.05, 0.1) is 19.3 Å². The van der Waals surface area contributed by atoms with Crippen LogP contribution in [0.3, 0.4) is 0 Å². The number of amides is 4. The number of methoxy groups -OCH3 is 1. The molecule has 3 aliphatic heterocycles. The van der Waals surface area contributed by atoms with Gasteiger partial charge in [0.1, 0.15) is 6.04 Å². The molecule has 206 valence electrons. The van der Waals surface area contributed by atoms with E-state index in [2.05, 4.69) is 25.6 Å². The van der Waals surface area contributed by atoms with Gasteiger partial charge in [0.25, 0.3) is 5.91 Å². The molecule has 2 aromatic carbocycles. The maximum absolute atomic E-state index is 13.8. The summed E-state index contributed by atoms with van der Waals surface area (Å²) in [6, 6.07) is 10.7. The van der Waals surface area contributed by atoms with Crippen LogP contribution in [0.5, 0.6) is 0 Å². The number of hydrogen-bond acceptors (Lipinski definition) is 7. The Morgan fingerprint density at radius 3 is 2.62 bits per heavy atom. The van der Waals surface area contributed by atoms with Crippen LogP contribution in [0.25, 0.3) is 0 Å². The van der Waals surface area contributed by atoms with Gasteiger partial charge in [-0.25, -0.2) is 9.59 Å². The molecule has 2 unspecified atom stereocenters. The maximum atomic E-state index is 13.8. The van der Waals surface area contributed by atoms with Gasteiger partial charge in [0, 0.05) is 41.3 Å². The predicted molar refractivity (Wildman–Crippen MR) is 144 cm³/mol. The van der Waals surface area contributed by atoms with E-state index in [1.54, 1.807) is 47.4 Å². The van der Waals surface area contributed by atoms with Crippen LogP contribution < -0.4 is 16.0 Å². The maximum Gasteiger partial charge on any atom is 0.412 e. The second-order valence-corrected chi connectivity index (χ2v) is 10.3. The predicted octanol–water partition coefficient (Wildman–Crippen LogP) is 3.40. The number of nitrogens with one attached hydrogen (secondary N) is 3. The second kappa shape index (κ2) is 11.1. The van der Waals surface area contributed by atoms with E-state index in [9.17, 15) is 19.2 Å². The van der Waals surface area contributed by atoms with Gasteiger partial charge in [-0.2, -0.15) is 0 Å². The monoisotopic (exact) mass is 555 g/mol. The van der Waals surface area contributed by atoms with Crippen molar-refractivity contribution in [2.45, 2.75) is 30.9 Å². The minimum absolute atomic E-state index is 0.163. The molecular formula is C27H30ClN5O6. The van der Waals surface area contributed by atoms with Crippen LogP contribution in [0.2, 0.25) is 5.02 Å². The summed E-state index contributed by atoms with van der Waals surface area (Å²) in [6.45, 7) is 3.14. The number of hydrogen-bond donors (Lipinski definition) is 3. The average molecular weight is 556 g/mol. The zero-order valence-corrected chi connectivity index (χ0v) is 22.3. The summed E-state index contributed by atoms with van der Waals surface area (Å²) >= 11 is 6.24. The van der Waals surface area contributed by atoms with Crippen molar-refractivity contribution in [3.63, 3.8) is 0 Å². The molecule has 3 aliphatic rings. The first-order valence-corrected chi connectivity index (χ1v) is 13.2. The van der Waals surface area contributed by atoms with E-state index >= 15 is 0 Å². The molecule has 0 aliphatic carbocycles. The molecule has 1 spiro atoms. The lowest BCUT2D eigenvalue weighted by Crippen LogP contribution is -2.51. The van der Waals surface area contributed by atoms with Crippen LogP contribution in [0.1, 0.15) is 35.2 Å². The normalized spacial score (nSPS) is 20.8. The zero-order valence-electron chi connectivity index (χ0n) is 21.5. The van der Waals surface area contributed by atoms with E-state index in [1.807, 2.05) is 0 Å². The number of nitrogens with zero attached hydrogens (tertiary/aromatic N) is 2. The van der Waals surface area contributed by atoms with Crippen molar-refractivity contribution in [3.05, 3.63) is 58.6 Å². The highest BCUT2D eigenvalue weighted by Gasteiger charge is 2.49. The molecule has 39 heavy (non-hydrogen) atoms. The number of ether oxygens (including phenoxy) is 2. The number of halogens is 1. The Hall–Kier alpha value is -3.83. The minimum atomic E-state index is -1.01. The van der Waals surface area contributed by atoms with Crippen LogP contribution in [0, 0.1) is 0 Å². The first-order valence-electron chi connectivity index (χ1n) is 12.8. The van der Waals surface area contributed by atoms with Crippen molar-refractivity contribution < 1.29 is 28.7 Å². The Labute approximate surface area is 230 Å². The number of carbonyl (C=O) groups is 4. The molecule has 2 saturated heterocycles. The third-order valence-electron chi connectivity index (χ3n) is 7.41. The third kappa shape index (κ3) is 5.79. The molecule has 5 rings (SSSR count). The van der Waals surface area contributed by atoms with Gasteiger partial charge in [-0.1, -0.05) is 11.6 Å². The number of carbonyl (C=O) groups excluding carboxylic acids is 4. The molecule has 0 saturated carbocycles. The quantitative estimate of drug-likeness (QED) is 0.477. The number of likely N-dealkylation sites (tertiary alicyclic amines) is 2. The lowest BCUT2D eigenvalue weighted by Gasteiger charge is -2.36. The number of anilines is 2. The summed E-state index contributed by atoms with van der Waals surface area (Å²) in [7, 11) is 1.26. The summed E-state index contributed by atoms with van der Waals surface area (Å²) in [4.78, 5) is 54.5. The fraction of sp³-hybridized carbons (Fsp3) is 0.407. The number of fused-ring (bicyclic) bond motifs is 2. The molecule has 2 aromatic rings. The van der Waals surface area contributed by atoms with E-state index in [0.717, 1.165) is 25.1 Å². The Morgan fingerprint density at radius 2 is 1.92 bits per heavy atom. The summed E-state index contributed by atoms with van der Waals surface area (Å²) < 4.78 is 10.3. The van der Waals surface area contributed by atoms with Crippen molar-refractivity contribution in [1.82, 2.24) is 15.1 Å². The summed E-state index contributed by atoms with van der Waals surface area (Å²) in [6.07, 6.45) is 0.789. The van der Waals surface area contributed by atoms with Crippen LogP contribution in [0.4, 0.5) is 21.0 Å². The highest BCUT2D eigenvalue weighted by molar-refractivity contribution is 6.30. The van der Waals surface area contributed by atoms with E-state index < -0.39 is 29.7 Å². The Balaban J connectivity index is 1.31. The van der Waals surface area contributed by atoms with Crippen LogP contribution in [-0.4, -0.2) is 79.7 Å². The zero-order chi connectivity index (χ0) is 27.6. The van der Waals surface area contributed by atoms with Crippen LogP contribution in [-0.2, 0) is 19.9 Å². The average Bonchev–Trinajstić information content (AvgIpc) is 3.31. The van der Waals surface area contributed by atoms with Gasteiger partial charge in [0.15, 0.2) is 5.60 Å². The fourth-order valence-electron chi connectivity index (χ4n) is 5.15. The van der Waals surface area contributed by atoms with Crippen LogP contribution >= 0.6 is 11.6 Å². The Bertz CT molecular complexity index is 1280. The molecule has 2 atom stereocenters. The lowest BCUT2D eigenvalue weighted by atomic mass is 9.90. The SMILES string of the molecule is COC(=O)Nc1ccc(C(=O)NC(CCN2CCC2)C(=O)N2CCC3(C2)OC(=O)Nc2ccc(Cl)cc23)cc1. The number of rotatable bonds is 7. The molecule has 3 heterocycles. The molecule has 0 bridgehead atoms. The standard InChI is InChI=1S/C27H30ClN5O6/c1-38-25(36)29-19-6-3-17(4-7-19)23(34)30-22(9-13-32-11-2-12-32)24(35)33-14-10-27(16-33)20-15-18(28)5-8-21(20)31-26(37)39-27/h3-8,15,22H,2,9-14,16H2,1H3,(H,29,36)(H,30,34)(H,31,37). The van der Waals surface area contributed by atoms with Gasteiger partial charge in [0.2, 0.25) is 5.91 Å². The summed E-state index contributed by atoms with van der Waals surface area (Å²) in [5, 5.41) is 8.64. The first kappa shape index (κ1) is 26.8. The summed E-state index contributed by atoms with van der Waals surface area (Å²) in [5.41, 5.74) is 1.15. The first-order chi connectivity index (χ1) is 18.8. The van der Waals surface area contributed by atoms with E-state index in [-0.39, 0.29) is 12.5 Å². The van der Waals surface area contributed by atoms with Crippen molar-refractivity contribution >= 4 is 47.0 Å². The van der Waals surface area contributed by atoms with Gasteiger partial charge < -0.3 is 24.6 Å². The molecule has 0 radical (unpaired) electrons. The van der Waals surface area contributed by atoms with E-state index in [4.69, 9.17) is 16.3 Å². The van der Waals surface area contributed by atoms with Gasteiger partial charge >= 0.3 is 12.2 Å². The smallest absolute Gasteiger partial charge is 0.412 e. The van der Waals surface area contributed by atoms with Gasteiger partial charge in [-0.05, 0) is 68.4 Å². The summed E-state index contributed by atoms with van der Waals surface area (Å²) in [5.74, 6) is -0.635. The molecule has 11 nitrogen and oxygen atoms in total. The van der Waals surface area contributed by atoms with E-state index in [0.29, 0.717) is 47.9 Å². The highest BCUT2D eigenvalue weighted by Crippen LogP contribution is 2.43. The molecule has 12 heteroatoms. The van der Waals surface area contributed by atoms with Crippen molar-refractivity contribution in [2.24, 2.45) is 0 Å². The molecule has 2 fully saturated rings. The van der Waals surface area contributed by atoms with Gasteiger partial charge in [-0.3, -0.25) is 20.2 Å². The Morgan fingerprint density at radius 1 is 1.15 bits per heavy atom. The minimum Gasteiger partial charge on any atom is -0.453 e. The fourth-order valence-corrected chi connectivity index (χ4v) is 5.33. The van der Waals surface area contributed by atoms with Gasteiger partial charge in [-0.15, -0.1) is 0 Å². The Kier molecular flexibility index (Phi) is 7.62. The largest absolute Gasteiger partial charge is 0.453 e. The van der Waals surface area contributed by atoms with Crippen LogP contribution in [0.15, 0.2) is 42.5 Å². The molecule has 0 aromatic heterocycles. The van der Waals surface area contributed by atoms with Crippen molar-refractivity contribution in [2.75, 3.05) is 50.5 Å². The second-order valence-electron chi connectivity index (χ2n) is 9.91. The van der Waals surface area contributed by atoms with Crippen molar-refractivity contribution in [3.8, 4) is 0 Å². The van der Waals surface area contributed by atoms with Crippen molar-refractivity contribution in [1.29, 1.82) is 0 Å². The van der Waals surface area contributed by atoms with E-state index in [1.165, 1.54) is 7.11 Å². The molecule has 4 amide bonds. The highest BCUT2D eigenvalue weighted by atomic mass is 35.5. The lowest BCUT2D eigenvalue weighted by molar-refractivity contribution is -0.133. The third-order valence-corrected chi connectivity index (χ3v) is 7.64. The molecule has 3 N–H and O–H groups in total. The topological polar surface area (TPSA) is 129 Å². The number of benzene rings is 2.